The molecule has 1 heterocycles. The van der Waals surface area contributed by atoms with E-state index in [9.17, 15) is 9.18 Å². The van der Waals surface area contributed by atoms with Crippen LogP contribution in [-0.4, -0.2) is 22.9 Å². The normalized spacial score (nSPS) is 15.8. The summed E-state index contributed by atoms with van der Waals surface area (Å²) in [4.78, 5) is 21.8. The first-order chi connectivity index (χ1) is 13.5. The van der Waals surface area contributed by atoms with Crippen LogP contribution < -0.4 is 10.1 Å². The minimum atomic E-state index is -0.282. The summed E-state index contributed by atoms with van der Waals surface area (Å²) >= 11 is 0. The van der Waals surface area contributed by atoms with E-state index in [1.54, 1.807) is 19.2 Å². The van der Waals surface area contributed by atoms with Crippen LogP contribution in [0, 0.1) is 12.7 Å². The standard InChI is InChI=1S/C22H20FN3O2/c1-13-21-19(11-15(12-20(21)27)14-3-5-16(23)6-4-14)26-22(24-13)25-17-7-9-18(28-2)10-8-17/h3-10,15H,11-12H2,1-2H3,(H,24,25,26)/t15-/m0/s1. The SMILES string of the molecule is COc1ccc(Nc2nc(C)c3c(n2)C[C@H](c2ccc(F)cc2)CC3=O)cc1. The van der Waals surface area contributed by atoms with Gasteiger partial charge >= 0.3 is 0 Å². The van der Waals surface area contributed by atoms with Crippen molar-refractivity contribution < 1.29 is 13.9 Å². The highest BCUT2D eigenvalue weighted by Gasteiger charge is 2.30. The van der Waals surface area contributed by atoms with Crippen LogP contribution in [0.5, 0.6) is 5.75 Å². The number of anilines is 2. The molecule has 3 aromatic rings. The van der Waals surface area contributed by atoms with Gasteiger partial charge in [0.1, 0.15) is 11.6 Å². The van der Waals surface area contributed by atoms with E-state index in [0.717, 1.165) is 22.7 Å². The number of nitrogens with zero attached hydrogens (tertiary/aromatic N) is 2. The average Bonchev–Trinajstić information content (AvgIpc) is 2.68. The van der Waals surface area contributed by atoms with Crippen molar-refractivity contribution in [3.63, 3.8) is 0 Å². The number of hydrogen-bond acceptors (Lipinski definition) is 5. The molecule has 0 saturated carbocycles. The third-order valence-corrected chi connectivity index (χ3v) is 5.00. The molecule has 0 aliphatic heterocycles. The molecule has 5 nitrogen and oxygen atoms in total. The number of methoxy groups -OCH3 is 1. The van der Waals surface area contributed by atoms with Gasteiger partial charge in [-0.25, -0.2) is 14.4 Å². The predicted molar refractivity (Wildman–Crippen MR) is 105 cm³/mol. The van der Waals surface area contributed by atoms with Gasteiger partial charge in [-0.3, -0.25) is 4.79 Å². The molecule has 1 aliphatic rings. The maximum absolute atomic E-state index is 13.2. The third-order valence-electron chi connectivity index (χ3n) is 5.00. The van der Waals surface area contributed by atoms with Crippen LogP contribution in [-0.2, 0) is 6.42 Å². The van der Waals surface area contributed by atoms with Gasteiger partial charge < -0.3 is 10.1 Å². The monoisotopic (exact) mass is 377 g/mol. The predicted octanol–water partition coefficient (Wildman–Crippen LogP) is 4.59. The topological polar surface area (TPSA) is 64.1 Å². The number of nitrogens with one attached hydrogen (secondary N) is 1. The van der Waals surface area contributed by atoms with Crippen molar-refractivity contribution in [1.82, 2.24) is 9.97 Å². The zero-order valence-corrected chi connectivity index (χ0v) is 15.7. The van der Waals surface area contributed by atoms with Crippen LogP contribution in [0.1, 0.15) is 39.6 Å². The van der Waals surface area contributed by atoms with E-state index >= 15 is 0 Å². The highest BCUT2D eigenvalue weighted by molar-refractivity contribution is 5.99. The molecule has 4 rings (SSSR count). The van der Waals surface area contributed by atoms with Gasteiger partial charge in [-0.2, -0.15) is 0 Å². The number of aromatic nitrogens is 2. The molecule has 142 valence electrons. The molecule has 28 heavy (non-hydrogen) atoms. The summed E-state index contributed by atoms with van der Waals surface area (Å²) in [5, 5.41) is 3.18. The summed E-state index contributed by atoms with van der Waals surface area (Å²) in [6.45, 7) is 1.83. The molecule has 1 aliphatic carbocycles. The van der Waals surface area contributed by atoms with E-state index in [0.29, 0.717) is 30.0 Å². The summed E-state index contributed by atoms with van der Waals surface area (Å²) in [5.74, 6) is 0.957. The lowest BCUT2D eigenvalue weighted by atomic mass is 9.81. The Hall–Kier alpha value is -3.28. The molecule has 0 saturated heterocycles. The summed E-state index contributed by atoms with van der Waals surface area (Å²) in [6, 6.07) is 13.8. The summed E-state index contributed by atoms with van der Waals surface area (Å²) < 4.78 is 18.4. The van der Waals surface area contributed by atoms with Crippen LogP contribution in [0.25, 0.3) is 0 Å². The van der Waals surface area contributed by atoms with Crippen molar-refractivity contribution in [3.8, 4) is 5.75 Å². The maximum Gasteiger partial charge on any atom is 0.227 e. The van der Waals surface area contributed by atoms with Gasteiger partial charge in [0, 0.05) is 12.1 Å². The van der Waals surface area contributed by atoms with Crippen molar-refractivity contribution in [2.24, 2.45) is 0 Å². The number of carbonyl (C=O) groups is 1. The fourth-order valence-electron chi connectivity index (χ4n) is 3.60. The van der Waals surface area contributed by atoms with E-state index in [4.69, 9.17) is 4.74 Å². The van der Waals surface area contributed by atoms with E-state index in [-0.39, 0.29) is 17.5 Å². The summed E-state index contributed by atoms with van der Waals surface area (Å²) in [5.41, 5.74) is 3.79. The van der Waals surface area contributed by atoms with E-state index in [1.807, 2.05) is 31.2 Å². The maximum atomic E-state index is 13.2. The van der Waals surface area contributed by atoms with Crippen molar-refractivity contribution >= 4 is 17.4 Å². The first kappa shape index (κ1) is 18.1. The van der Waals surface area contributed by atoms with Crippen LogP contribution in [0.2, 0.25) is 0 Å². The highest BCUT2D eigenvalue weighted by atomic mass is 19.1. The Labute approximate surface area is 162 Å². The molecular formula is C22H20FN3O2. The molecule has 2 aromatic carbocycles. The first-order valence-electron chi connectivity index (χ1n) is 9.10. The number of ketones is 1. The number of benzene rings is 2. The number of halogens is 1. The van der Waals surface area contributed by atoms with Crippen LogP contribution in [0.3, 0.4) is 0 Å². The quantitative estimate of drug-likeness (QED) is 0.720. The van der Waals surface area contributed by atoms with Crippen molar-refractivity contribution in [2.45, 2.75) is 25.7 Å². The average molecular weight is 377 g/mol. The molecular weight excluding hydrogens is 357 g/mol. The number of rotatable bonds is 4. The fraction of sp³-hybridized carbons (Fsp3) is 0.227. The van der Waals surface area contributed by atoms with E-state index < -0.39 is 0 Å². The van der Waals surface area contributed by atoms with Gasteiger partial charge in [0.05, 0.1) is 24.1 Å². The number of aryl methyl sites for hydroxylation is 1. The second-order valence-electron chi connectivity index (χ2n) is 6.89. The minimum absolute atomic E-state index is 0.0104. The Kier molecular flexibility index (Phi) is 4.77. The number of fused-ring (bicyclic) bond motifs is 1. The van der Waals surface area contributed by atoms with Gasteiger partial charge in [-0.05, 0) is 61.2 Å². The lowest BCUT2D eigenvalue weighted by Crippen LogP contribution is -2.22. The van der Waals surface area contributed by atoms with Crippen LogP contribution >= 0.6 is 0 Å². The van der Waals surface area contributed by atoms with Gasteiger partial charge in [0.15, 0.2) is 5.78 Å². The molecule has 0 unspecified atom stereocenters. The molecule has 0 radical (unpaired) electrons. The zero-order valence-electron chi connectivity index (χ0n) is 15.7. The molecule has 1 atom stereocenters. The third kappa shape index (κ3) is 3.58. The fourth-order valence-corrected chi connectivity index (χ4v) is 3.60. The Balaban J connectivity index is 1.63. The lowest BCUT2D eigenvalue weighted by molar-refractivity contribution is 0.0962. The largest absolute Gasteiger partial charge is 0.497 e. The zero-order chi connectivity index (χ0) is 19.7. The molecule has 0 spiro atoms. The molecule has 1 aromatic heterocycles. The lowest BCUT2D eigenvalue weighted by Gasteiger charge is -2.24. The Morgan fingerprint density at radius 1 is 1.04 bits per heavy atom. The molecule has 0 fully saturated rings. The molecule has 0 amide bonds. The van der Waals surface area contributed by atoms with Gasteiger partial charge in [-0.15, -0.1) is 0 Å². The van der Waals surface area contributed by atoms with Crippen LogP contribution in [0.15, 0.2) is 48.5 Å². The van der Waals surface area contributed by atoms with Crippen molar-refractivity contribution in [2.75, 3.05) is 12.4 Å². The smallest absolute Gasteiger partial charge is 0.227 e. The number of ether oxygens (including phenoxy) is 1. The number of carbonyl (C=O) groups excluding carboxylic acids is 1. The molecule has 0 bridgehead atoms. The summed E-state index contributed by atoms with van der Waals surface area (Å²) in [6.07, 6.45) is 1.00. The molecule has 6 heteroatoms. The molecule has 1 N–H and O–H groups in total. The van der Waals surface area contributed by atoms with Crippen molar-refractivity contribution in [3.05, 3.63) is 76.9 Å². The number of hydrogen-bond donors (Lipinski definition) is 1. The van der Waals surface area contributed by atoms with Gasteiger partial charge in [0.2, 0.25) is 5.95 Å². The van der Waals surface area contributed by atoms with E-state index in [2.05, 4.69) is 15.3 Å². The van der Waals surface area contributed by atoms with Gasteiger partial charge in [0.25, 0.3) is 0 Å². The summed E-state index contributed by atoms with van der Waals surface area (Å²) in [7, 11) is 1.62. The number of Topliss-reactive ketones (excluding diaryl/α,β-unsaturated/α-hetero) is 1. The van der Waals surface area contributed by atoms with E-state index in [1.165, 1.54) is 12.1 Å². The Morgan fingerprint density at radius 2 is 1.75 bits per heavy atom. The van der Waals surface area contributed by atoms with Gasteiger partial charge in [-0.1, -0.05) is 12.1 Å². The highest BCUT2D eigenvalue weighted by Crippen LogP contribution is 2.33. The second kappa shape index (κ2) is 7.38. The van der Waals surface area contributed by atoms with Crippen LogP contribution in [0.4, 0.5) is 16.0 Å². The second-order valence-corrected chi connectivity index (χ2v) is 6.89. The minimum Gasteiger partial charge on any atom is -0.497 e. The first-order valence-corrected chi connectivity index (χ1v) is 9.10. The van der Waals surface area contributed by atoms with Crippen molar-refractivity contribution in [1.29, 1.82) is 0 Å². The Bertz CT molecular complexity index is 1020. The Morgan fingerprint density at radius 3 is 2.43 bits per heavy atom.